The Hall–Kier alpha value is -6.13. The Bertz CT molecular complexity index is 2460. The van der Waals surface area contributed by atoms with Gasteiger partial charge in [-0.15, -0.1) is 0 Å². The Labute approximate surface area is 259 Å². The quantitative estimate of drug-likeness (QED) is 0.196. The maximum Gasteiger partial charge on any atom is 0.164 e. The summed E-state index contributed by atoms with van der Waals surface area (Å²) in [5, 5.41) is 6.97. The molecule has 0 fully saturated rings. The Morgan fingerprint density at radius 3 is 1.60 bits per heavy atom. The van der Waals surface area contributed by atoms with Crippen molar-refractivity contribution >= 4 is 43.5 Å². The molecule has 0 aliphatic rings. The van der Waals surface area contributed by atoms with Gasteiger partial charge in [0.25, 0.3) is 0 Å². The summed E-state index contributed by atoms with van der Waals surface area (Å²) in [4.78, 5) is 14.6. The molecule has 0 aliphatic heterocycles. The van der Waals surface area contributed by atoms with Crippen molar-refractivity contribution in [3.63, 3.8) is 0 Å². The lowest BCUT2D eigenvalue weighted by Crippen LogP contribution is -2.00. The molecule has 45 heavy (non-hydrogen) atoms. The first kappa shape index (κ1) is 25.4. The molecular formula is C41H25N3O. The highest BCUT2D eigenvalue weighted by molar-refractivity contribution is 6.24. The Balaban J connectivity index is 1.18. The highest BCUT2D eigenvalue weighted by atomic mass is 16.3. The third-order valence-corrected chi connectivity index (χ3v) is 8.52. The molecule has 210 valence electrons. The summed E-state index contributed by atoms with van der Waals surface area (Å²) in [5.41, 5.74) is 6.87. The second-order valence-corrected chi connectivity index (χ2v) is 11.2. The average Bonchev–Trinajstić information content (AvgIpc) is 3.51. The van der Waals surface area contributed by atoms with Crippen LogP contribution in [-0.2, 0) is 0 Å². The molecule has 7 aromatic carbocycles. The van der Waals surface area contributed by atoms with Gasteiger partial charge < -0.3 is 4.42 Å². The summed E-state index contributed by atoms with van der Waals surface area (Å²) in [5.74, 6) is 1.94. The molecule has 0 amide bonds. The first-order valence-corrected chi connectivity index (χ1v) is 15.0. The molecule has 2 aromatic heterocycles. The Morgan fingerprint density at radius 2 is 0.911 bits per heavy atom. The molecule has 9 aromatic rings. The molecule has 0 unspecified atom stereocenters. The summed E-state index contributed by atoms with van der Waals surface area (Å²) >= 11 is 0. The zero-order valence-corrected chi connectivity index (χ0v) is 24.2. The number of rotatable bonds is 4. The van der Waals surface area contributed by atoms with Crippen molar-refractivity contribution in [3.05, 3.63) is 152 Å². The average molecular weight is 576 g/mol. The predicted octanol–water partition coefficient (Wildman–Crippen LogP) is 10.7. The van der Waals surface area contributed by atoms with E-state index in [2.05, 4.69) is 91.0 Å². The van der Waals surface area contributed by atoms with Crippen LogP contribution >= 0.6 is 0 Å². The van der Waals surface area contributed by atoms with Gasteiger partial charge in [0, 0.05) is 32.8 Å². The van der Waals surface area contributed by atoms with Crippen molar-refractivity contribution in [2.24, 2.45) is 0 Å². The van der Waals surface area contributed by atoms with Crippen molar-refractivity contribution in [2.75, 3.05) is 0 Å². The number of hydrogen-bond acceptors (Lipinski definition) is 4. The lowest BCUT2D eigenvalue weighted by molar-refractivity contribution is 0.673. The third kappa shape index (κ3) is 4.27. The highest BCUT2D eigenvalue weighted by Gasteiger charge is 2.17. The van der Waals surface area contributed by atoms with Crippen LogP contribution in [-0.4, -0.2) is 15.0 Å². The summed E-state index contributed by atoms with van der Waals surface area (Å²) < 4.78 is 6.61. The van der Waals surface area contributed by atoms with Gasteiger partial charge in [-0.3, -0.25) is 0 Å². The van der Waals surface area contributed by atoms with Crippen molar-refractivity contribution in [1.82, 2.24) is 15.0 Å². The van der Waals surface area contributed by atoms with Gasteiger partial charge in [-0.2, -0.15) is 0 Å². The van der Waals surface area contributed by atoms with Crippen molar-refractivity contribution < 1.29 is 4.42 Å². The minimum absolute atomic E-state index is 0.638. The molecule has 0 radical (unpaired) electrons. The van der Waals surface area contributed by atoms with E-state index in [9.17, 15) is 0 Å². The molecule has 0 saturated carbocycles. The van der Waals surface area contributed by atoms with Gasteiger partial charge in [0.15, 0.2) is 17.5 Å². The Morgan fingerprint density at radius 1 is 0.356 bits per heavy atom. The van der Waals surface area contributed by atoms with Gasteiger partial charge in [-0.1, -0.05) is 140 Å². The molecule has 0 bridgehead atoms. The van der Waals surface area contributed by atoms with E-state index in [0.29, 0.717) is 17.5 Å². The molecule has 0 aliphatic carbocycles. The molecule has 4 nitrogen and oxygen atoms in total. The fourth-order valence-corrected chi connectivity index (χ4v) is 6.35. The summed E-state index contributed by atoms with van der Waals surface area (Å²) in [6.07, 6.45) is 0. The van der Waals surface area contributed by atoms with Gasteiger partial charge in [0.05, 0.1) is 0 Å². The highest BCUT2D eigenvalue weighted by Crippen LogP contribution is 2.41. The lowest BCUT2D eigenvalue weighted by atomic mass is 9.96. The van der Waals surface area contributed by atoms with Gasteiger partial charge in [-0.05, 0) is 39.4 Å². The van der Waals surface area contributed by atoms with Crippen LogP contribution in [0.2, 0.25) is 0 Å². The zero-order valence-electron chi connectivity index (χ0n) is 24.2. The topological polar surface area (TPSA) is 51.8 Å². The lowest BCUT2D eigenvalue weighted by Gasteiger charge is -2.09. The number of hydrogen-bond donors (Lipinski definition) is 0. The van der Waals surface area contributed by atoms with E-state index in [4.69, 9.17) is 19.4 Å². The van der Waals surface area contributed by atoms with E-state index >= 15 is 0 Å². The van der Waals surface area contributed by atoms with E-state index in [-0.39, 0.29) is 0 Å². The van der Waals surface area contributed by atoms with Crippen LogP contribution in [0.15, 0.2) is 156 Å². The van der Waals surface area contributed by atoms with E-state index in [1.54, 1.807) is 0 Å². The fraction of sp³-hybridized carbons (Fsp3) is 0. The number of benzene rings is 7. The van der Waals surface area contributed by atoms with Crippen molar-refractivity contribution in [1.29, 1.82) is 0 Å². The maximum absolute atomic E-state index is 6.61. The third-order valence-electron chi connectivity index (χ3n) is 8.52. The van der Waals surface area contributed by atoms with Crippen LogP contribution in [0.5, 0.6) is 0 Å². The standard InChI is InChI=1S/C41H25N3O/c1-3-11-29(12-4-1)39-42-40(30-13-5-2-6-14-30)44-41(43-39)31-22-19-27(20-23-31)33-16-9-17-35-37(33)34-25-24-28-21-18-26-10-7-8-15-32(26)36(28)38(34)45-35/h1-25H. The first-order valence-electron chi connectivity index (χ1n) is 15.0. The number of fused-ring (bicyclic) bond motifs is 7. The van der Waals surface area contributed by atoms with Gasteiger partial charge in [0.1, 0.15) is 11.2 Å². The van der Waals surface area contributed by atoms with Crippen LogP contribution in [0.1, 0.15) is 0 Å². The summed E-state index contributed by atoms with van der Waals surface area (Å²) in [6.45, 7) is 0. The smallest absolute Gasteiger partial charge is 0.164 e. The van der Waals surface area contributed by atoms with E-state index < -0.39 is 0 Å². The molecular weight excluding hydrogens is 550 g/mol. The van der Waals surface area contributed by atoms with E-state index in [0.717, 1.165) is 55.1 Å². The second kappa shape index (κ2) is 10.2. The van der Waals surface area contributed by atoms with Crippen molar-refractivity contribution in [3.8, 4) is 45.3 Å². The molecule has 0 spiro atoms. The normalized spacial score (nSPS) is 11.6. The minimum Gasteiger partial charge on any atom is -0.455 e. The van der Waals surface area contributed by atoms with Gasteiger partial charge in [0.2, 0.25) is 0 Å². The first-order chi connectivity index (χ1) is 22.3. The van der Waals surface area contributed by atoms with Gasteiger partial charge in [-0.25, -0.2) is 15.0 Å². The van der Waals surface area contributed by atoms with Gasteiger partial charge >= 0.3 is 0 Å². The maximum atomic E-state index is 6.61. The summed E-state index contributed by atoms with van der Waals surface area (Å²) in [7, 11) is 0. The van der Waals surface area contributed by atoms with Crippen LogP contribution < -0.4 is 0 Å². The second-order valence-electron chi connectivity index (χ2n) is 11.2. The van der Waals surface area contributed by atoms with Crippen molar-refractivity contribution in [2.45, 2.75) is 0 Å². The fourth-order valence-electron chi connectivity index (χ4n) is 6.35. The SMILES string of the molecule is c1ccc(-c2nc(-c3ccccc3)nc(-c3ccc(-c4cccc5oc6c(ccc7ccc8ccccc8c76)c45)cc3)n2)cc1. The minimum atomic E-state index is 0.638. The molecule has 0 N–H and O–H groups in total. The summed E-state index contributed by atoms with van der Waals surface area (Å²) in [6, 6.07) is 52.1. The molecule has 0 saturated heterocycles. The van der Waals surface area contributed by atoms with Crippen LogP contribution in [0.3, 0.4) is 0 Å². The largest absolute Gasteiger partial charge is 0.455 e. The van der Waals surface area contributed by atoms with E-state index in [1.807, 2.05) is 60.7 Å². The molecule has 2 heterocycles. The zero-order chi connectivity index (χ0) is 29.7. The van der Waals surface area contributed by atoms with Crippen LogP contribution in [0.4, 0.5) is 0 Å². The number of furan rings is 1. The molecule has 4 heteroatoms. The number of nitrogens with zero attached hydrogens (tertiary/aromatic N) is 3. The van der Waals surface area contributed by atoms with Crippen LogP contribution in [0, 0.1) is 0 Å². The Kier molecular flexibility index (Phi) is 5.78. The molecule has 0 atom stereocenters. The predicted molar refractivity (Wildman–Crippen MR) is 184 cm³/mol. The van der Waals surface area contributed by atoms with Crippen LogP contribution in [0.25, 0.3) is 88.8 Å². The number of aromatic nitrogens is 3. The van der Waals surface area contributed by atoms with E-state index in [1.165, 1.54) is 16.2 Å². The monoisotopic (exact) mass is 575 g/mol. The molecule has 9 rings (SSSR count).